The minimum Gasteiger partial charge on any atom is -0.268 e. The quantitative estimate of drug-likeness (QED) is 0.270. The molecule has 0 atom stereocenters. The molecule has 0 fully saturated rings. The molecule has 3 heterocycles. The molecule has 170 valence electrons. The second-order valence-corrected chi connectivity index (χ2v) is 8.48. The summed E-state index contributed by atoms with van der Waals surface area (Å²) < 4.78 is 2.91. The van der Waals surface area contributed by atoms with Gasteiger partial charge in [0.05, 0.1) is 32.8 Å². The van der Waals surface area contributed by atoms with Gasteiger partial charge < -0.3 is 0 Å². The second-order valence-electron chi connectivity index (χ2n) is 8.48. The summed E-state index contributed by atoms with van der Waals surface area (Å²) in [6.45, 7) is 0. The van der Waals surface area contributed by atoms with Gasteiger partial charge in [0.15, 0.2) is 5.82 Å². The van der Waals surface area contributed by atoms with E-state index in [2.05, 4.69) is 0 Å². The molecule has 0 aliphatic heterocycles. The van der Waals surface area contributed by atoms with Crippen LogP contribution in [-0.4, -0.2) is 23.9 Å². The summed E-state index contributed by atoms with van der Waals surface area (Å²) in [6, 6.07) is 31.3. The molecule has 4 aromatic carbocycles. The van der Waals surface area contributed by atoms with E-state index >= 15 is 0 Å². The number of fused-ring (bicyclic) bond motifs is 5. The van der Waals surface area contributed by atoms with Crippen LogP contribution in [0.15, 0.2) is 113 Å². The fourth-order valence-corrected chi connectivity index (χ4v) is 4.68. The molecule has 3 aromatic heterocycles. The third-order valence-corrected chi connectivity index (χ3v) is 6.35. The number of aromatic nitrogens is 5. The maximum Gasteiger partial charge on any atom is 0.268 e. The summed E-state index contributed by atoms with van der Waals surface area (Å²) in [5.41, 5.74) is 3.07. The molecule has 7 nitrogen and oxygen atoms in total. The van der Waals surface area contributed by atoms with Crippen LogP contribution in [0, 0.1) is 0 Å². The molecule has 0 saturated carbocycles. The third kappa shape index (κ3) is 2.89. The van der Waals surface area contributed by atoms with Crippen LogP contribution in [0.3, 0.4) is 0 Å². The van der Waals surface area contributed by atoms with Gasteiger partial charge in [0, 0.05) is 5.56 Å². The average Bonchev–Trinajstić information content (AvgIpc) is 2.93. The lowest BCUT2D eigenvalue weighted by Crippen LogP contribution is -2.29. The molecule has 7 aromatic rings. The van der Waals surface area contributed by atoms with Gasteiger partial charge in [-0.25, -0.2) is 23.9 Å². The smallest absolute Gasteiger partial charge is 0.268 e. The third-order valence-electron chi connectivity index (χ3n) is 6.35. The molecule has 7 heteroatoms. The van der Waals surface area contributed by atoms with Crippen molar-refractivity contribution in [3.63, 3.8) is 0 Å². The Kier molecular flexibility index (Phi) is 4.31. The Balaban J connectivity index is 1.75. The van der Waals surface area contributed by atoms with Gasteiger partial charge in [-0.05, 0) is 36.4 Å². The molecule has 0 bridgehead atoms. The zero-order valence-corrected chi connectivity index (χ0v) is 18.9. The minimum atomic E-state index is -0.324. The second kappa shape index (κ2) is 7.68. The van der Waals surface area contributed by atoms with Crippen molar-refractivity contribution in [3.8, 4) is 17.1 Å². The number of nitrogens with zero attached hydrogens (tertiary/aromatic N) is 5. The van der Waals surface area contributed by atoms with Crippen molar-refractivity contribution < 1.29 is 0 Å². The molecular weight excluding hydrogens is 450 g/mol. The van der Waals surface area contributed by atoms with Crippen molar-refractivity contribution in [1.29, 1.82) is 0 Å². The van der Waals surface area contributed by atoms with Gasteiger partial charge in [0.25, 0.3) is 11.1 Å². The Labute approximate surface area is 203 Å². The summed E-state index contributed by atoms with van der Waals surface area (Å²) in [5.74, 6) is 0.500. The van der Waals surface area contributed by atoms with E-state index in [1.165, 1.54) is 8.97 Å². The van der Waals surface area contributed by atoms with Crippen molar-refractivity contribution in [2.75, 3.05) is 0 Å². The molecule has 0 aliphatic carbocycles. The number of hydrogen-bond donors (Lipinski definition) is 0. The molecule has 0 N–H and O–H groups in total. The van der Waals surface area contributed by atoms with Crippen LogP contribution in [0.2, 0.25) is 0 Å². The predicted molar refractivity (Wildman–Crippen MR) is 141 cm³/mol. The van der Waals surface area contributed by atoms with Gasteiger partial charge >= 0.3 is 0 Å². The Bertz CT molecular complexity index is 2100. The minimum absolute atomic E-state index is 0.184. The van der Waals surface area contributed by atoms with Crippen molar-refractivity contribution in [2.24, 2.45) is 0 Å². The molecule has 0 spiro atoms. The lowest BCUT2D eigenvalue weighted by atomic mass is 10.1. The zero-order chi connectivity index (χ0) is 24.2. The highest BCUT2D eigenvalue weighted by Crippen LogP contribution is 2.27. The number of para-hydroxylation sites is 4. The normalized spacial score (nSPS) is 11.6. The highest BCUT2D eigenvalue weighted by atomic mass is 16.1. The van der Waals surface area contributed by atoms with Crippen LogP contribution in [-0.2, 0) is 0 Å². The monoisotopic (exact) mass is 467 g/mol. The Morgan fingerprint density at radius 2 is 1.14 bits per heavy atom. The van der Waals surface area contributed by atoms with Crippen molar-refractivity contribution in [2.45, 2.75) is 0 Å². The van der Waals surface area contributed by atoms with Crippen LogP contribution in [0.4, 0.5) is 0 Å². The summed E-state index contributed by atoms with van der Waals surface area (Å²) in [7, 11) is 0. The lowest BCUT2D eigenvalue weighted by molar-refractivity contribution is 0.913. The summed E-state index contributed by atoms with van der Waals surface area (Å²) in [4.78, 5) is 42.4. The van der Waals surface area contributed by atoms with Crippen molar-refractivity contribution in [1.82, 2.24) is 23.9 Å². The highest BCUT2D eigenvalue weighted by Gasteiger charge is 2.21. The molecule has 0 unspecified atom stereocenters. The first-order valence-electron chi connectivity index (χ1n) is 11.5. The fraction of sp³-hybridized carbons (Fsp3) is 0. The summed E-state index contributed by atoms with van der Waals surface area (Å²) in [6.07, 6.45) is 0. The SMILES string of the molecule is O=c1c2ccccc2n2c(=O)c3ccccc3nc2n1-c1nc2ccccc2nc1-c1ccccc1. The van der Waals surface area contributed by atoms with E-state index in [0.717, 1.165) is 5.56 Å². The van der Waals surface area contributed by atoms with Crippen molar-refractivity contribution in [3.05, 3.63) is 124 Å². The molecular formula is C29H17N5O2. The van der Waals surface area contributed by atoms with E-state index in [0.29, 0.717) is 44.4 Å². The van der Waals surface area contributed by atoms with Gasteiger partial charge in [0.2, 0.25) is 5.78 Å². The number of hydrogen-bond acceptors (Lipinski definition) is 5. The van der Waals surface area contributed by atoms with E-state index in [4.69, 9.17) is 15.0 Å². The first kappa shape index (κ1) is 20.2. The van der Waals surface area contributed by atoms with Crippen LogP contribution >= 0.6 is 0 Å². The van der Waals surface area contributed by atoms with Gasteiger partial charge in [-0.3, -0.25) is 9.59 Å². The first-order chi connectivity index (χ1) is 17.7. The highest BCUT2D eigenvalue weighted by molar-refractivity contribution is 5.87. The average molecular weight is 467 g/mol. The maximum absolute atomic E-state index is 14.0. The van der Waals surface area contributed by atoms with E-state index in [1.807, 2.05) is 60.7 Å². The molecule has 0 amide bonds. The van der Waals surface area contributed by atoms with Crippen molar-refractivity contribution >= 4 is 38.6 Å². The van der Waals surface area contributed by atoms with Gasteiger partial charge in [-0.15, -0.1) is 0 Å². The Morgan fingerprint density at radius 1 is 0.528 bits per heavy atom. The van der Waals surface area contributed by atoms with Crippen LogP contribution < -0.4 is 11.1 Å². The van der Waals surface area contributed by atoms with Crippen LogP contribution in [0.1, 0.15) is 0 Å². The maximum atomic E-state index is 14.0. The van der Waals surface area contributed by atoms with E-state index < -0.39 is 0 Å². The summed E-state index contributed by atoms with van der Waals surface area (Å²) in [5, 5.41) is 0.858. The molecule has 0 radical (unpaired) electrons. The number of rotatable bonds is 2. The molecule has 0 saturated heterocycles. The van der Waals surface area contributed by atoms with E-state index in [9.17, 15) is 9.59 Å². The van der Waals surface area contributed by atoms with Gasteiger partial charge in [0.1, 0.15) is 5.69 Å². The molecule has 7 rings (SSSR count). The fourth-order valence-electron chi connectivity index (χ4n) is 4.68. The van der Waals surface area contributed by atoms with Crippen LogP contribution in [0.5, 0.6) is 0 Å². The van der Waals surface area contributed by atoms with E-state index in [-0.39, 0.29) is 16.9 Å². The topological polar surface area (TPSA) is 82.1 Å². The summed E-state index contributed by atoms with van der Waals surface area (Å²) >= 11 is 0. The first-order valence-corrected chi connectivity index (χ1v) is 11.5. The predicted octanol–water partition coefficient (Wildman–Crippen LogP) is 4.76. The van der Waals surface area contributed by atoms with Gasteiger partial charge in [-0.1, -0.05) is 66.7 Å². The Morgan fingerprint density at radius 3 is 1.92 bits per heavy atom. The largest absolute Gasteiger partial charge is 0.268 e. The molecule has 36 heavy (non-hydrogen) atoms. The van der Waals surface area contributed by atoms with E-state index in [1.54, 1.807) is 42.5 Å². The van der Waals surface area contributed by atoms with Crippen LogP contribution in [0.25, 0.3) is 55.7 Å². The number of benzene rings is 4. The molecule has 0 aliphatic rings. The lowest BCUT2D eigenvalue weighted by Gasteiger charge is -2.16. The van der Waals surface area contributed by atoms with Gasteiger partial charge in [-0.2, -0.15) is 0 Å². The standard InChI is InChI=1S/C29H17N5O2/c35-27-19-12-4-6-14-21(19)32-29-33(27)24-17-9-5-13-20(24)28(36)34(29)26-25(18-10-2-1-3-11-18)30-22-15-7-8-16-23(22)31-26/h1-17H. The zero-order valence-electron chi connectivity index (χ0n) is 18.9. The Hall–Kier alpha value is -5.17.